The first kappa shape index (κ1) is 18.7. The molecule has 27 heavy (non-hydrogen) atoms. The van der Waals surface area contributed by atoms with Crippen LogP contribution < -0.4 is 15.6 Å². The number of carbonyl (C=O) groups excluding carboxylic acids is 1. The molecule has 1 aromatic heterocycles. The highest BCUT2D eigenvalue weighted by Crippen LogP contribution is 2.19. The molecule has 0 aliphatic rings. The number of hydrogen-bond acceptors (Lipinski definition) is 3. The molecule has 5 nitrogen and oxygen atoms in total. The Labute approximate surface area is 158 Å². The van der Waals surface area contributed by atoms with Gasteiger partial charge in [0.2, 0.25) is 5.91 Å². The second kappa shape index (κ2) is 8.08. The molecule has 0 aliphatic heterocycles. The molecule has 0 saturated carbocycles. The molecule has 140 valence electrons. The van der Waals surface area contributed by atoms with Gasteiger partial charge in [0.25, 0.3) is 5.56 Å². The number of amides is 1. The summed E-state index contributed by atoms with van der Waals surface area (Å²) in [5.41, 5.74) is 0.834. The van der Waals surface area contributed by atoms with Crippen molar-refractivity contribution >= 4 is 16.7 Å². The van der Waals surface area contributed by atoms with E-state index in [2.05, 4.69) is 5.32 Å². The lowest BCUT2D eigenvalue weighted by atomic mass is 10.1. The van der Waals surface area contributed by atoms with Crippen LogP contribution in [-0.2, 0) is 11.3 Å². The Morgan fingerprint density at radius 1 is 1.07 bits per heavy atom. The van der Waals surface area contributed by atoms with Crippen LogP contribution in [0.2, 0.25) is 0 Å². The second-order valence-corrected chi connectivity index (χ2v) is 6.86. The maximum absolute atomic E-state index is 12.7. The van der Waals surface area contributed by atoms with Crippen LogP contribution in [0.4, 0.5) is 0 Å². The Bertz CT molecular complexity index is 993. The van der Waals surface area contributed by atoms with E-state index in [1.165, 1.54) is 4.57 Å². The van der Waals surface area contributed by atoms with E-state index in [4.69, 9.17) is 4.74 Å². The Morgan fingerprint density at radius 3 is 2.52 bits per heavy atom. The quantitative estimate of drug-likeness (QED) is 0.726. The standard InChI is InChI=1S/C22H24N2O3/c1-15(2)27-19-9-10-20-18(13-19)11-12-24(22(20)26)14-21(25)23-16(3)17-7-5-4-6-8-17/h4-13,15-16H,14H2,1-3H3,(H,23,25). The third-order valence-corrected chi connectivity index (χ3v) is 4.31. The fourth-order valence-electron chi connectivity index (χ4n) is 3.00. The summed E-state index contributed by atoms with van der Waals surface area (Å²) in [6.07, 6.45) is 1.72. The molecule has 1 amide bonds. The van der Waals surface area contributed by atoms with Gasteiger partial charge in [0.05, 0.1) is 12.1 Å². The van der Waals surface area contributed by atoms with Crippen LogP contribution in [0, 0.1) is 0 Å². The second-order valence-electron chi connectivity index (χ2n) is 6.86. The number of benzene rings is 2. The molecule has 0 spiro atoms. The summed E-state index contributed by atoms with van der Waals surface area (Å²) < 4.78 is 7.10. The van der Waals surface area contributed by atoms with E-state index >= 15 is 0 Å². The third-order valence-electron chi connectivity index (χ3n) is 4.31. The summed E-state index contributed by atoms with van der Waals surface area (Å²) in [6, 6.07) is 16.8. The Morgan fingerprint density at radius 2 is 1.81 bits per heavy atom. The molecule has 3 aromatic rings. The van der Waals surface area contributed by atoms with E-state index in [0.717, 1.165) is 16.7 Å². The fraction of sp³-hybridized carbons (Fsp3) is 0.273. The minimum Gasteiger partial charge on any atom is -0.491 e. The van der Waals surface area contributed by atoms with Crippen molar-refractivity contribution in [2.45, 2.75) is 39.5 Å². The minimum atomic E-state index is -0.201. The van der Waals surface area contributed by atoms with Gasteiger partial charge in [-0.05, 0) is 56.0 Å². The monoisotopic (exact) mass is 364 g/mol. The summed E-state index contributed by atoms with van der Waals surface area (Å²) in [5, 5.41) is 4.30. The molecule has 0 saturated heterocycles. The normalized spacial score (nSPS) is 12.1. The first-order chi connectivity index (χ1) is 12.9. The fourth-order valence-corrected chi connectivity index (χ4v) is 3.00. The van der Waals surface area contributed by atoms with E-state index in [-0.39, 0.29) is 30.2 Å². The first-order valence-corrected chi connectivity index (χ1v) is 9.08. The third kappa shape index (κ3) is 4.56. The lowest BCUT2D eigenvalue weighted by Crippen LogP contribution is -2.33. The first-order valence-electron chi connectivity index (χ1n) is 9.08. The lowest BCUT2D eigenvalue weighted by molar-refractivity contribution is -0.122. The number of carbonyl (C=O) groups is 1. The van der Waals surface area contributed by atoms with Gasteiger partial charge in [-0.25, -0.2) is 0 Å². The van der Waals surface area contributed by atoms with Crippen LogP contribution >= 0.6 is 0 Å². The molecular formula is C22H24N2O3. The molecule has 1 atom stereocenters. The van der Waals surface area contributed by atoms with Gasteiger partial charge >= 0.3 is 0 Å². The van der Waals surface area contributed by atoms with Gasteiger partial charge in [-0.3, -0.25) is 9.59 Å². The number of hydrogen-bond donors (Lipinski definition) is 1. The Balaban J connectivity index is 1.76. The highest BCUT2D eigenvalue weighted by Gasteiger charge is 2.12. The number of fused-ring (bicyclic) bond motifs is 1. The van der Waals surface area contributed by atoms with Gasteiger partial charge in [0, 0.05) is 11.6 Å². The molecule has 1 N–H and O–H groups in total. The summed E-state index contributed by atoms with van der Waals surface area (Å²) in [7, 11) is 0. The molecule has 0 aliphatic carbocycles. The van der Waals surface area contributed by atoms with E-state index in [1.807, 2.05) is 63.2 Å². The van der Waals surface area contributed by atoms with Gasteiger partial charge in [-0.15, -0.1) is 0 Å². The summed E-state index contributed by atoms with van der Waals surface area (Å²) in [4.78, 5) is 25.1. The maximum Gasteiger partial charge on any atom is 0.258 e. The van der Waals surface area contributed by atoms with Gasteiger partial charge < -0.3 is 14.6 Å². The number of nitrogens with zero attached hydrogens (tertiary/aromatic N) is 1. The van der Waals surface area contributed by atoms with Crippen molar-refractivity contribution in [3.8, 4) is 5.75 Å². The van der Waals surface area contributed by atoms with E-state index in [1.54, 1.807) is 18.3 Å². The Kier molecular flexibility index (Phi) is 5.60. The van der Waals surface area contributed by atoms with Gasteiger partial charge in [-0.1, -0.05) is 30.3 Å². The predicted molar refractivity (Wildman–Crippen MR) is 107 cm³/mol. The van der Waals surface area contributed by atoms with Crippen molar-refractivity contribution in [1.82, 2.24) is 9.88 Å². The van der Waals surface area contributed by atoms with Crippen molar-refractivity contribution in [3.05, 3.63) is 76.7 Å². The maximum atomic E-state index is 12.7. The average Bonchev–Trinajstić information content (AvgIpc) is 2.64. The molecule has 2 aromatic carbocycles. The van der Waals surface area contributed by atoms with Crippen molar-refractivity contribution in [2.75, 3.05) is 0 Å². The molecule has 5 heteroatoms. The highest BCUT2D eigenvalue weighted by molar-refractivity contribution is 5.83. The molecule has 0 fully saturated rings. The van der Waals surface area contributed by atoms with Crippen molar-refractivity contribution in [3.63, 3.8) is 0 Å². The van der Waals surface area contributed by atoms with Crippen LogP contribution in [0.25, 0.3) is 10.8 Å². The molecule has 1 heterocycles. The number of aromatic nitrogens is 1. The highest BCUT2D eigenvalue weighted by atomic mass is 16.5. The summed E-state index contributed by atoms with van der Waals surface area (Å²) >= 11 is 0. The van der Waals surface area contributed by atoms with Crippen LogP contribution in [0.3, 0.4) is 0 Å². The van der Waals surface area contributed by atoms with E-state index in [9.17, 15) is 9.59 Å². The Hall–Kier alpha value is -3.08. The van der Waals surface area contributed by atoms with Crippen LogP contribution in [0.15, 0.2) is 65.6 Å². The lowest BCUT2D eigenvalue weighted by Gasteiger charge is -2.15. The number of nitrogens with one attached hydrogen (secondary N) is 1. The summed E-state index contributed by atoms with van der Waals surface area (Å²) in [6.45, 7) is 5.82. The number of pyridine rings is 1. The number of rotatable bonds is 6. The van der Waals surface area contributed by atoms with Crippen molar-refractivity contribution in [2.24, 2.45) is 0 Å². The molecule has 0 radical (unpaired) electrons. The largest absolute Gasteiger partial charge is 0.491 e. The topological polar surface area (TPSA) is 60.3 Å². The van der Waals surface area contributed by atoms with Gasteiger partial charge in [0.1, 0.15) is 12.3 Å². The molecule has 3 rings (SSSR count). The molecule has 1 unspecified atom stereocenters. The van der Waals surface area contributed by atoms with Gasteiger partial charge in [0.15, 0.2) is 0 Å². The minimum absolute atomic E-state index is 0.0177. The zero-order chi connectivity index (χ0) is 19.4. The zero-order valence-electron chi connectivity index (χ0n) is 15.8. The van der Waals surface area contributed by atoms with E-state index in [0.29, 0.717) is 5.39 Å². The van der Waals surface area contributed by atoms with Crippen molar-refractivity contribution < 1.29 is 9.53 Å². The molecule has 0 bridgehead atoms. The smallest absolute Gasteiger partial charge is 0.258 e. The average molecular weight is 364 g/mol. The van der Waals surface area contributed by atoms with Crippen molar-refractivity contribution in [1.29, 1.82) is 0 Å². The zero-order valence-corrected chi connectivity index (χ0v) is 15.8. The molecular weight excluding hydrogens is 340 g/mol. The predicted octanol–water partition coefficient (Wildman–Crippen LogP) is 3.67. The van der Waals surface area contributed by atoms with Crippen LogP contribution in [-0.4, -0.2) is 16.6 Å². The van der Waals surface area contributed by atoms with Crippen LogP contribution in [0.1, 0.15) is 32.4 Å². The summed E-state index contributed by atoms with van der Waals surface area (Å²) in [5.74, 6) is 0.525. The van der Waals surface area contributed by atoms with Crippen LogP contribution in [0.5, 0.6) is 5.75 Å². The SMILES string of the molecule is CC(C)Oc1ccc2c(=O)n(CC(=O)NC(C)c3ccccc3)ccc2c1. The van der Waals surface area contributed by atoms with E-state index < -0.39 is 0 Å². The number of ether oxygens (including phenoxy) is 1. The van der Waals surface area contributed by atoms with Gasteiger partial charge in [-0.2, -0.15) is 0 Å².